The largest absolute Gasteiger partial charge is 0.504 e. The fourth-order valence-corrected chi connectivity index (χ4v) is 5.08. The van der Waals surface area contributed by atoms with E-state index in [0.29, 0.717) is 5.56 Å². The Bertz CT molecular complexity index is 1510. The van der Waals surface area contributed by atoms with Crippen molar-refractivity contribution in [2.45, 2.75) is 68.3 Å². The standard InChI is InChI=1S/C29H34O15/c1-11-20(31)23(34)25(36)28(41-11)40-10-18-21(32)24(35)26(37)29(44-18)42-13-6-4-12(5-7-13)15-8-14(30)19-16(43-15)9-17(38-2)27(39-3)22(19)33/h4-9,11,18,20-21,23-26,28-29,31-37H,10H2,1-3H3/t11?,18?,20-,21+,23-,24?,25?,26?,28+,29+/m0/s1. The molecule has 5 unspecified atom stereocenters. The van der Waals surface area contributed by atoms with Crippen molar-refractivity contribution in [3.8, 4) is 34.3 Å². The van der Waals surface area contributed by atoms with Gasteiger partial charge in [0.15, 0.2) is 23.2 Å². The van der Waals surface area contributed by atoms with E-state index in [1.165, 1.54) is 45.4 Å². The molecule has 240 valence electrons. The Hall–Kier alpha value is -3.51. The molecule has 15 nitrogen and oxygen atoms in total. The number of hydrogen-bond donors (Lipinski definition) is 7. The molecule has 10 atom stereocenters. The Labute approximate surface area is 249 Å². The number of ether oxygens (including phenoxy) is 6. The van der Waals surface area contributed by atoms with Gasteiger partial charge in [-0.05, 0) is 31.2 Å². The average molecular weight is 623 g/mol. The van der Waals surface area contributed by atoms with E-state index in [1.807, 2.05) is 0 Å². The van der Waals surface area contributed by atoms with Crippen molar-refractivity contribution in [2.75, 3.05) is 20.8 Å². The van der Waals surface area contributed by atoms with Crippen molar-refractivity contribution in [1.29, 1.82) is 0 Å². The third kappa shape index (κ3) is 5.93. The monoisotopic (exact) mass is 622 g/mol. The smallest absolute Gasteiger partial charge is 0.229 e. The van der Waals surface area contributed by atoms with Gasteiger partial charge in [-0.15, -0.1) is 0 Å². The van der Waals surface area contributed by atoms with Crippen LogP contribution in [0.1, 0.15) is 6.92 Å². The summed E-state index contributed by atoms with van der Waals surface area (Å²) in [4.78, 5) is 12.8. The van der Waals surface area contributed by atoms with E-state index in [0.717, 1.165) is 0 Å². The molecule has 2 aromatic carbocycles. The summed E-state index contributed by atoms with van der Waals surface area (Å²) in [6.45, 7) is 1.04. The second-order valence-corrected chi connectivity index (χ2v) is 10.5. The fourth-order valence-electron chi connectivity index (χ4n) is 5.08. The summed E-state index contributed by atoms with van der Waals surface area (Å²) >= 11 is 0. The Morgan fingerprint density at radius 3 is 2.11 bits per heavy atom. The highest BCUT2D eigenvalue weighted by atomic mass is 16.7. The lowest BCUT2D eigenvalue weighted by molar-refractivity contribution is -0.318. The molecule has 0 saturated carbocycles. The van der Waals surface area contributed by atoms with Gasteiger partial charge in [0.2, 0.25) is 12.0 Å². The van der Waals surface area contributed by atoms with Crippen LogP contribution in [0.2, 0.25) is 0 Å². The highest BCUT2D eigenvalue weighted by molar-refractivity contribution is 5.89. The first-order chi connectivity index (χ1) is 20.9. The second-order valence-electron chi connectivity index (χ2n) is 10.5. The molecule has 1 aromatic heterocycles. The van der Waals surface area contributed by atoms with E-state index in [-0.39, 0.29) is 34.0 Å². The molecule has 2 saturated heterocycles. The topological polar surface area (TPSA) is 227 Å². The molecule has 0 bridgehead atoms. The van der Waals surface area contributed by atoms with Crippen molar-refractivity contribution >= 4 is 11.0 Å². The molecule has 0 spiro atoms. The van der Waals surface area contributed by atoms with Crippen LogP contribution in [0.5, 0.6) is 23.0 Å². The van der Waals surface area contributed by atoms with Crippen molar-refractivity contribution in [1.82, 2.24) is 0 Å². The van der Waals surface area contributed by atoms with Crippen LogP contribution in [0.25, 0.3) is 22.3 Å². The molecule has 0 amide bonds. The second kappa shape index (κ2) is 12.8. The lowest BCUT2D eigenvalue weighted by Gasteiger charge is -2.42. The third-order valence-electron chi connectivity index (χ3n) is 7.63. The summed E-state index contributed by atoms with van der Waals surface area (Å²) in [5.41, 5.74) is 0.00435. The number of benzene rings is 2. The molecule has 2 fully saturated rings. The summed E-state index contributed by atoms with van der Waals surface area (Å²) < 4.78 is 38.4. The van der Waals surface area contributed by atoms with Crippen LogP contribution in [-0.4, -0.2) is 118 Å². The van der Waals surface area contributed by atoms with E-state index >= 15 is 0 Å². The van der Waals surface area contributed by atoms with Crippen LogP contribution in [0, 0.1) is 0 Å². The van der Waals surface area contributed by atoms with Gasteiger partial charge in [0, 0.05) is 17.7 Å². The van der Waals surface area contributed by atoms with E-state index < -0.39 is 79.2 Å². The van der Waals surface area contributed by atoms with Gasteiger partial charge >= 0.3 is 0 Å². The summed E-state index contributed by atoms with van der Waals surface area (Å²) in [5.74, 6) is 0.0984. The number of phenolic OH excluding ortho intramolecular Hbond substituents is 1. The number of phenols is 1. The first-order valence-electron chi connectivity index (χ1n) is 13.6. The molecule has 2 aliphatic rings. The number of aromatic hydroxyl groups is 1. The first kappa shape index (κ1) is 31.9. The van der Waals surface area contributed by atoms with E-state index in [9.17, 15) is 40.5 Å². The maximum atomic E-state index is 12.8. The summed E-state index contributed by atoms with van der Waals surface area (Å²) in [6, 6.07) is 8.72. The predicted octanol–water partition coefficient (Wildman–Crippen LogP) is -0.787. The SMILES string of the molecule is COc1cc2oc(-c3ccc(O[C@@H]4OC(CO[C@@H]5OC(C)[C@H](O)[C@H](O)C5O)[C@@H](O)C(O)C4O)cc3)cc(=O)c2c(O)c1OC. The van der Waals surface area contributed by atoms with Gasteiger partial charge in [-0.2, -0.15) is 0 Å². The van der Waals surface area contributed by atoms with Gasteiger partial charge in [0.1, 0.15) is 65.2 Å². The summed E-state index contributed by atoms with van der Waals surface area (Å²) in [6.07, 6.45) is -14.3. The van der Waals surface area contributed by atoms with Gasteiger partial charge in [0.25, 0.3) is 0 Å². The highest BCUT2D eigenvalue weighted by Crippen LogP contribution is 2.42. The zero-order valence-corrected chi connectivity index (χ0v) is 23.8. The van der Waals surface area contributed by atoms with Crippen LogP contribution >= 0.6 is 0 Å². The fraction of sp³-hybridized carbons (Fsp3) is 0.483. The van der Waals surface area contributed by atoms with Gasteiger partial charge in [-0.1, -0.05) is 0 Å². The maximum Gasteiger partial charge on any atom is 0.229 e. The molecule has 3 heterocycles. The van der Waals surface area contributed by atoms with Crippen LogP contribution in [0.4, 0.5) is 0 Å². The number of methoxy groups -OCH3 is 2. The Morgan fingerprint density at radius 1 is 0.795 bits per heavy atom. The molecule has 2 aliphatic heterocycles. The van der Waals surface area contributed by atoms with E-state index in [1.54, 1.807) is 12.1 Å². The third-order valence-corrected chi connectivity index (χ3v) is 7.63. The number of rotatable bonds is 8. The Balaban J connectivity index is 1.29. The minimum atomic E-state index is -1.69. The van der Waals surface area contributed by atoms with Crippen molar-refractivity contribution in [3.05, 3.63) is 46.6 Å². The minimum Gasteiger partial charge on any atom is -0.504 e. The average Bonchev–Trinajstić information content (AvgIpc) is 3.01. The molecule has 44 heavy (non-hydrogen) atoms. The van der Waals surface area contributed by atoms with Crippen LogP contribution in [0.15, 0.2) is 45.6 Å². The molecule has 0 radical (unpaired) electrons. The van der Waals surface area contributed by atoms with Crippen molar-refractivity contribution in [2.24, 2.45) is 0 Å². The molecule has 15 heteroatoms. The zero-order chi connectivity index (χ0) is 31.9. The number of hydrogen-bond acceptors (Lipinski definition) is 15. The Kier molecular flexibility index (Phi) is 9.31. The first-order valence-corrected chi connectivity index (χ1v) is 13.6. The molecule has 5 rings (SSSR count). The summed E-state index contributed by atoms with van der Waals surface area (Å²) in [5, 5.41) is 71.8. The molecular weight excluding hydrogens is 588 g/mol. The maximum absolute atomic E-state index is 12.8. The molecule has 7 N–H and O–H groups in total. The highest BCUT2D eigenvalue weighted by Gasteiger charge is 2.47. The van der Waals surface area contributed by atoms with Crippen LogP contribution in [0.3, 0.4) is 0 Å². The van der Waals surface area contributed by atoms with Gasteiger partial charge < -0.3 is 68.6 Å². The van der Waals surface area contributed by atoms with Gasteiger partial charge in [0.05, 0.1) is 26.9 Å². The van der Waals surface area contributed by atoms with E-state index in [2.05, 4.69) is 0 Å². The predicted molar refractivity (Wildman–Crippen MR) is 148 cm³/mol. The van der Waals surface area contributed by atoms with Gasteiger partial charge in [-0.25, -0.2) is 0 Å². The number of fused-ring (bicyclic) bond motifs is 1. The lowest BCUT2D eigenvalue weighted by Crippen LogP contribution is -2.61. The molecule has 3 aromatic rings. The lowest BCUT2D eigenvalue weighted by atomic mass is 9.98. The van der Waals surface area contributed by atoms with Crippen LogP contribution < -0.4 is 19.6 Å². The molecular formula is C29H34O15. The number of aliphatic hydroxyl groups is 6. The summed E-state index contributed by atoms with van der Waals surface area (Å²) in [7, 11) is 2.70. The Morgan fingerprint density at radius 2 is 1.45 bits per heavy atom. The van der Waals surface area contributed by atoms with Crippen molar-refractivity contribution in [3.63, 3.8) is 0 Å². The van der Waals surface area contributed by atoms with Crippen molar-refractivity contribution < 1.29 is 68.6 Å². The number of aliphatic hydroxyl groups excluding tert-OH is 6. The zero-order valence-electron chi connectivity index (χ0n) is 23.8. The molecule has 0 aliphatic carbocycles. The van der Waals surface area contributed by atoms with Gasteiger partial charge in [-0.3, -0.25) is 4.79 Å². The van der Waals surface area contributed by atoms with E-state index in [4.69, 9.17) is 32.8 Å². The normalized spacial score (nSPS) is 32.4. The quantitative estimate of drug-likeness (QED) is 0.163. The van der Waals surface area contributed by atoms with Crippen LogP contribution in [-0.2, 0) is 14.2 Å². The minimum absolute atomic E-state index is 0.00624.